The van der Waals surface area contributed by atoms with Gasteiger partial charge in [0.05, 0.1) is 0 Å². The Morgan fingerprint density at radius 2 is 1.68 bits per heavy atom. The van der Waals surface area contributed by atoms with Crippen LogP contribution in [0.3, 0.4) is 0 Å². The van der Waals surface area contributed by atoms with Crippen molar-refractivity contribution >= 4 is 5.78 Å². The normalized spacial score (nSPS) is 17.7. The van der Waals surface area contributed by atoms with Crippen molar-refractivity contribution in [1.82, 2.24) is 0 Å². The molecule has 0 fully saturated rings. The fraction of sp³-hybridized carbons (Fsp3) is 0.389. The van der Waals surface area contributed by atoms with Crippen LogP contribution in [0.5, 0.6) is 0 Å². The standard InChI is InChI=1S/C18H22O/c1-12-7-6-8-13(2)16(12)17(19)15-9-10-18(4,5)11-14(15)3/h6-10H,11H2,1-5H3. The molecule has 0 spiro atoms. The van der Waals surface area contributed by atoms with E-state index in [1.807, 2.05) is 38.1 Å². The highest BCUT2D eigenvalue weighted by Crippen LogP contribution is 2.34. The lowest BCUT2D eigenvalue weighted by Gasteiger charge is -2.26. The van der Waals surface area contributed by atoms with Crippen LogP contribution >= 0.6 is 0 Å². The number of benzene rings is 1. The van der Waals surface area contributed by atoms with E-state index in [9.17, 15) is 4.79 Å². The smallest absolute Gasteiger partial charge is 0.193 e. The third-order valence-corrected chi connectivity index (χ3v) is 3.83. The maximum Gasteiger partial charge on any atom is 0.193 e. The Bertz CT molecular complexity index is 565. The summed E-state index contributed by atoms with van der Waals surface area (Å²) in [5, 5.41) is 0. The molecule has 0 aliphatic heterocycles. The van der Waals surface area contributed by atoms with Gasteiger partial charge in [-0.3, -0.25) is 4.79 Å². The van der Waals surface area contributed by atoms with E-state index in [1.54, 1.807) is 0 Å². The molecule has 100 valence electrons. The minimum Gasteiger partial charge on any atom is -0.289 e. The first-order chi connectivity index (χ1) is 8.82. The Hall–Kier alpha value is -1.63. The van der Waals surface area contributed by atoms with Crippen LogP contribution in [0.1, 0.15) is 48.7 Å². The Morgan fingerprint density at radius 3 is 2.21 bits per heavy atom. The van der Waals surface area contributed by atoms with Crippen molar-refractivity contribution < 1.29 is 4.79 Å². The summed E-state index contributed by atoms with van der Waals surface area (Å²) in [7, 11) is 0. The second kappa shape index (κ2) is 4.80. The number of Topliss-reactive ketones (excluding diaryl/α,β-unsaturated/α-hetero) is 1. The molecule has 1 nitrogen and oxygen atoms in total. The van der Waals surface area contributed by atoms with Gasteiger partial charge >= 0.3 is 0 Å². The predicted molar refractivity (Wildman–Crippen MR) is 80.5 cm³/mol. The van der Waals surface area contributed by atoms with Crippen LogP contribution in [0.15, 0.2) is 41.5 Å². The summed E-state index contributed by atoms with van der Waals surface area (Å²) in [5.74, 6) is 0.167. The summed E-state index contributed by atoms with van der Waals surface area (Å²) < 4.78 is 0. The summed E-state index contributed by atoms with van der Waals surface area (Å²) in [4.78, 5) is 12.8. The minimum absolute atomic E-state index is 0.161. The van der Waals surface area contributed by atoms with Gasteiger partial charge in [0.2, 0.25) is 0 Å². The van der Waals surface area contributed by atoms with E-state index in [2.05, 4.69) is 26.8 Å². The first-order valence-corrected chi connectivity index (χ1v) is 6.82. The van der Waals surface area contributed by atoms with E-state index in [0.717, 1.165) is 28.7 Å². The molecule has 0 aromatic heterocycles. The highest BCUT2D eigenvalue weighted by Gasteiger charge is 2.24. The molecule has 0 saturated carbocycles. The van der Waals surface area contributed by atoms with Crippen LogP contribution < -0.4 is 0 Å². The van der Waals surface area contributed by atoms with Crippen LogP contribution in [0.4, 0.5) is 0 Å². The number of allylic oxidation sites excluding steroid dienone is 4. The molecule has 0 bridgehead atoms. The number of carbonyl (C=O) groups is 1. The summed E-state index contributed by atoms with van der Waals surface area (Å²) in [6, 6.07) is 6.02. The zero-order valence-corrected chi connectivity index (χ0v) is 12.5. The van der Waals surface area contributed by atoms with Crippen molar-refractivity contribution in [3.63, 3.8) is 0 Å². The van der Waals surface area contributed by atoms with Crippen molar-refractivity contribution in [2.45, 2.75) is 41.0 Å². The van der Waals surface area contributed by atoms with Crippen LogP contribution in [0, 0.1) is 19.3 Å². The number of carbonyl (C=O) groups excluding carboxylic acids is 1. The Kier molecular flexibility index (Phi) is 3.49. The van der Waals surface area contributed by atoms with E-state index < -0.39 is 0 Å². The molecule has 1 aromatic rings. The highest BCUT2D eigenvalue weighted by molar-refractivity contribution is 6.12. The lowest BCUT2D eigenvalue weighted by atomic mass is 9.78. The molecule has 1 aliphatic carbocycles. The molecule has 19 heavy (non-hydrogen) atoms. The lowest BCUT2D eigenvalue weighted by Crippen LogP contribution is -2.17. The van der Waals surface area contributed by atoms with Crippen molar-refractivity contribution in [2.24, 2.45) is 5.41 Å². The molecule has 0 amide bonds. The molecule has 1 aliphatic rings. The van der Waals surface area contributed by atoms with Gasteiger partial charge in [-0.25, -0.2) is 0 Å². The quantitative estimate of drug-likeness (QED) is 0.693. The number of rotatable bonds is 2. The van der Waals surface area contributed by atoms with E-state index in [-0.39, 0.29) is 11.2 Å². The molecule has 0 heterocycles. The Balaban J connectivity index is 2.44. The van der Waals surface area contributed by atoms with Gasteiger partial charge in [0.1, 0.15) is 0 Å². The Labute approximate surface area is 116 Å². The van der Waals surface area contributed by atoms with Gasteiger partial charge in [-0.15, -0.1) is 0 Å². The summed E-state index contributed by atoms with van der Waals surface area (Å²) in [6.45, 7) is 10.5. The second-order valence-electron chi connectivity index (χ2n) is 6.29. The monoisotopic (exact) mass is 254 g/mol. The van der Waals surface area contributed by atoms with Gasteiger partial charge in [-0.1, -0.05) is 49.8 Å². The van der Waals surface area contributed by atoms with Crippen molar-refractivity contribution in [3.05, 3.63) is 58.2 Å². The SMILES string of the molecule is CC1=C(C(=O)c2c(C)cccc2C)C=CC(C)(C)C1. The third-order valence-electron chi connectivity index (χ3n) is 3.83. The van der Waals surface area contributed by atoms with Crippen LogP contribution in [-0.4, -0.2) is 5.78 Å². The summed E-state index contributed by atoms with van der Waals surface area (Å²) in [6.07, 6.45) is 5.11. The van der Waals surface area contributed by atoms with Gasteiger partial charge in [0.15, 0.2) is 5.78 Å². The number of hydrogen-bond acceptors (Lipinski definition) is 1. The van der Waals surface area contributed by atoms with Crippen molar-refractivity contribution in [3.8, 4) is 0 Å². The van der Waals surface area contributed by atoms with Crippen LogP contribution in [0.25, 0.3) is 0 Å². The van der Waals surface area contributed by atoms with E-state index in [1.165, 1.54) is 5.57 Å². The average Bonchev–Trinajstić information content (AvgIpc) is 2.27. The third kappa shape index (κ3) is 2.70. The number of aryl methyl sites for hydroxylation is 2. The lowest BCUT2D eigenvalue weighted by molar-refractivity contribution is 0.103. The molecule has 0 atom stereocenters. The average molecular weight is 254 g/mol. The molecule has 0 unspecified atom stereocenters. The zero-order valence-electron chi connectivity index (χ0n) is 12.5. The molecular weight excluding hydrogens is 232 g/mol. The second-order valence-corrected chi connectivity index (χ2v) is 6.29. The fourth-order valence-corrected chi connectivity index (χ4v) is 2.87. The van der Waals surface area contributed by atoms with Gasteiger partial charge < -0.3 is 0 Å². The molecule has 2 rings (SSSR count). The van der Waals surface area contributed by atoms with Crippen LogP contribution in [0.2, 0.25) is 0 Å². The van der Waals surface area contributed by atoms with Crippen molar-refractivity contribution in [2.75, 3.05) is 0 Å². The van der Waals surface area contributed by atoms with Gasteiger partial charge in [0.25, 0.3) is 0 Å². The summed E-state index contributed by atoms with van der Waals surface area (Å²) in [5.41, 5.74) is 5.21. The summed E-state index contributed by atoms with van der Waals surface area (Å²) >= 11 is 0. The molecule has 1 aromatic carbocycles. The van der Waals surface area contributed by atoms with Crippen LogP contribution in [-0.2, 0) is 0 Å². The largest absolute Gasteiger partial charge is 0.289 e. The van der Waals surface area contributed by atoms with Gasteiger partial charge in [-0.2, -0.15) is 0 Å². The van der Waals surface area contributed by atoms with E-state index in [0.29, 0.717) is 0 Å². The fourth-order valence-electron chi connectivity index (χ4n) is 2.87. The molecule has 0 saturated heterocycles. The van der Waals surface area contributed by atoms with Gasteiger partial charge in [-0.05, 0) is 43.7 Å². The van der Waals surface area contributed by atoms with E-state index >= 15 is 0 Å². The molecule has 0 radical (unpaired) electrons. The highest BCUT2D eigenvalue weighted by atomic mass is 16.1. The Morgan fingerprint density at radius 1 is 1.11 bits per heavy atom. The van der Waals surface area contributed by atoms with Gasteiger partial charge in [0, 0.05) is 11.1 Å². The zero-order chi connectivity index (χ0) is 14.2. The molecule has 0 N–H and O–H groups in total. The first kappa shape index (κ1) is 13.8. The molecule has 1 heteroatoms. The van der Waals surface area contributed by atoms with Crippen molar-refractivity contribution in [1.29, 1.82) is 0 Å². The topological polar surface area (TPSA) is 17.1 Å². The first-order valence-electron chi connectivity index (χ1n) is 6.82. The molecular formula is C18H22O. The minimum atomic E-state index is 0.161. The maximum absolute atomic E-state index is 12.8. The number of ketones is 1. The predicted octanol–water partition coefficient (Wildman–Crippen LogP) is 4.79. The van der Waals surface area contributed by atoms with E-state index in [4.69, 9.17) is 0 Å². The number of hydrogen-bond donors (Lipinski definition) is 0. The maximum atomic E-state index is 12.8.